The van der Waals surface area contributed by atoms with Gasteiger partial charge < -0.3 is 4.74 Å². The predicted octanol–water partition coefficient (Wildman–Crippen LogP) is 3.67. The zero-order valence-electron chi connectivity index (χ0n) is 8.82. The number of carbonyl (C=O) groups is 1. The Morgan fingerprint density at radius 2 is 2.06 bits per heavy atom. The van der Waals surface area contributed by atoms with Gasteiger partial charge in [-0.2, -0.15) is 0 Å². The van der Waals surface area contributed by atoms with E-state index in [0.717, 1.165) is 0 Å². The molecule has 1 N–H and O–H groups in total. The molecule has 88 valence electrons. The summed E-state index contributed by atoms with van der Waals surface area (Å²) >= 11 is 4.12. The van der Waals surface area contributed by atoms with E-state index in [2.05, 4.69) is 45.2 Å². The van der Waals surface area contributed by atoms with E-state index in [1.807, 2.05) is 18.2 Å². The van der Waals surface area contributed by atoms with Crippen molar-refractivity contribution in [3.05, 3.63) is 35.9 Å². The minimum absolute atomic E-state index is 0.232. The SMILES string of the molecule is CC(I)C(COC(=O)NI)c1ccccc1. The molecule has 1 amide bonds. The summed E-state index contributed by atoms with van der Waals surface area (Å²) in [5, 5.41) is 0. The highest BCUT2D eigenvalue weighted by molar-refractivity contribution is 14.1. The standard InChI is InChI=1S/C11H13I2NO2/c1-8(12)10(7-16-11(15)14-13)9-5-3-2-4-6-9/h2-6,8,10H,7H2,1H3,(H,14,15). The van der Waals surface area contributed by atoms with Crippen molar-refractivity contribution in [2.24, 2.45) is 0 Å². The van der Waals surface area contributed by atoms with Gasteiger partial charge in [0.15, 0.2) is 0 Å². The lowest BCUT2D eigenvalue weighted by atomic mass is 9.97. The molecule has 5 heteroatoms. The van der Waals surface area contributed by atoms with E-state index < -0.39 is 6.09 Å². The van der Waals surface area contributed by atoms with Crippen molar-refractivity contribution in [2.75, 3.05) is 6.61 Å². The molecule has 2 unspecified atom stereocenters. The van der Waals surface area contributed by atoms with Gasteiger partial charge in [0.2, 0.25) is 0 Å². The average molecular weight is 445 g/mol. The van der Waals surface area contributed by atoms with E-state index in [4.69, 9.17) is 4.74 Å². The lowest BCUT2D eigenvalue weighted by Gasteiger charge is -2.19. The van der Waals surface area contributed by atoms with Gasteiger partial charge in [0.25, 0.3) is 0 Å². The predicted molar refractivity (Wildman–Crippen MR) is 81.2 cm³/mol. The number of hydrogen-bond donors (Lipinski definition) is 1. The molecule has 0 aliphatic heterocycles. The molecule has 0 fully saturated rings. The molecule has 0 heterocycles. The van der Waals surface area contributed by atoms with Gasteiger partial charge in [0, 0.05) is 9.84 Å². The van der Waals surface area contributed by atoms with Crippen molar-refractivity contribution in [1.82, 2.24) is 3.53 Å². The highest BCUT2D eigenvalue weighted by Crippen LogP contribution is 2.25. The normalized spacial score (nSPS) is 13.9. The lowest BCUT2D eigenvalue weighted by molar-refractivity contribution is 0.147. The summed E-state index contributed by atoms with van der Waals surface area (Å²) in [7, 11) is 0. The molecular weight excluding hydrogens is 432 g/mol. The first-order valence-electron chi connectivity index (χ1n) is 4.87. The Labute approximate surface area is 123 Å². The number of amides is 1. The molecule has 0 bridgehead atoms. The molecule has 1 aromatic carbocycles. The molecule has 0 radical (unpaired) electrons. The van der Waals surface area contributed by atoms with Crippen LogP contribution in [0.2, 0.25) is 0 Å². The smallest absolute Gasteiger partial charge is 0.415 e. The van der Waals surface area contributed by atoms with Crippen LogP contribution in [-0.4, -0.2) is 16.6 Å². The number of rotatable bonds is 4. The summed E-state index contributed by atoms with van der Waals surface area (Å²) in [6, 6.07) is 10.1. The molecule has 0 aliphatic rings. The average Bonchev–Trinajstić information content (AvgIpc) is 2.30. The van der Waals surface area contributed by atoms with Gasteiger partial charge in [-0.25, -0.2) is 4.79 Å². The summed E-state index contributed by atoms with van der Waals surface area (Å²) in [5.74, 6) is 0.232. The monoisotopic (exact) mass is 445 g/mol. The van der Waals surface area contributed by atoms with Gasteiger partial charge in [-0.15, -0.1) is 0 Å². The first kappa shape index (κ1) is 14.0. The Morgan fingerprint density at radius 3 is 2.56 bits per heavy atom. The Hall–Kier alpha value is -0.0500. The molecule has 2 atom stereocenters. The van der Waals surface area contributed by atoms with Crippen molar-refractivity contribution in [1.29, 1.82) is 0 Å². The van der Waals surface area contributed by atoms with Crippen LogP contribution < -0.4 is 3.53 Å². The number of carbonyl (C=O) groups excluding carboxylic acids is 1. The molecule has 0 aliphatic carbocycles. The van der Waals surface area contributed by atoms with E-state index in [1.165, 1.54) is 5.56 Å². The molecular formula is C11H13I2NO2. The quantitative estimate of drug-likeness (QED) is 0.437. The highest BCUT2D eigenvalue weighted by Gasteiger charge is 2.18. The fourth-order valence-corrected chi connectivity index (χ4v) is 2.17. The number of benzene rings is 1. The Morgan fingerprint density at radius 1 is 1.44 bits per heavy atom. The van der Waals surface area contributed by atoms with Crippen LogP contribution in [0.5, 0.6) is 0 Å². The van der Waals surface area contributed by atoms with E-state index in [-0.39, 0.29) is 5.92 Å². The third kappa shape index (κ3) is 4.44. The summed E-state index contributed by atoms with van der Waals surface area (Å²) in [4.78, 5) is 11.0. The first-order valence-corrected chi connectivity index (χ1v) is 7.20. The lowest BCUT2D eigenvalue weighted by Crippen LogP contribution is -2.21. The fraction of sp³-hybridized carbons (Fsp3) is 0.364. The van der Waals surface area contributed by atoms with Crippen molar-refractivity contribution in [3.8, 4) is 0 Å². The van der Waals surface area contributed by atoms with Gasteiger partial charge in [-0.05, 0) is 5.56 Å². The molecule has 0 aromatic heterocycles. The third-order valence-corrected chi connectivity index (χ3v) is 3.56. The van der Waals surface area contributed by atoms with Crippen molar-refractivity contribution in [2.45, 2.75) is 16.8 Å². The molecule has 0 saturated carbocycles. The van der Waals surface area contributed by atoms with Crippen LogP contribution in [0.1, 0.15) is 18.4 Å². The van der Waals surface area contributed by atoms with Crippen LogP contribution in [0.15, 0.2) is 30.3 Å². The summed E-state index contributed by atoms with van der Waals surface area (Å²) in [6.45, 7) is 2.52. The summed E-state index contributed by atoms with van der Waals surface area (Å²) in [6.07, 6.45) is -0.390. The third-order valence-electron chi connectivity index (χ3n) is 2.25. The second-order valence-corrected chi connectivity index (χ2v) is 5.89. The number of hydrogen-bond acceptors (Lipinski definition) is 2. The van der Waals surface area contributed by atoms with Crippen molar-refractivity contribution >= 4 is 51.5 Å². The van der Waals surface area contributed by atoms with Gasteiger partial charge in [0.1, 0.15) is 6.61 Å². The Kier molecular flexibility index (Phi) is 6.40. The second kappa shape index (κ2) is 7.31. The van der Waals surface area contributed by atoms with E-state index in [9.17, 15) is 4.79 Å². The minimum atomic E-state index is -0.390. The molecule has 3 nitrogen and oxygen atoms in total. The Balaban J connectivity index is 2.66. The van der Waals surface area contributed by atoms with Gasteiger partial charge >= 0.3 is 6.09 Å². The topological polar surface area (TPSA) is 38.3 Å². The fourth-order valence-electron chi connectivity index (χ4n) is 1.39. The summed E-state index contributed by atoms with van der Waals surface area (Å²) in [5.41, 5.74) is 1.20. The highest BCUT2D eigenvalue weighted by atomic mass is 127. The maximum absolute atomic E-state index is 11.0. The first-order chi connectivity index (χ1) is 7.65. The number of alkyl halides is 1. The summed E-state index contributed by atoms with van der Waals surface area (Å²) < 4.78 is 7.93. The number of ether oxygens (including phenoxy) is 1. The van der Waals surface area contributed by atoms with Crippen LogP contribution in [0.25, 0.3) is 0 Å². The minimum Gasteiger partial charge on any atom is -0.448 e. The van der Waals surface area contributed by atoms with Gasteiger partial charge in [-0.3, -0.25) is 3.53 Å². The molecule has 0 saturated heterocycles. The zero-order valence-corrected chi connectivity index (χ0v) is 13.1. The maximum atomic E-state index is 11.0. The van der Waals surface area contributed by atoms with Crippen LogP contribution in [0, 0.1) is 0 Å². The number of nitrogens with one attached hydrogen (secondary N) is 1. The largest absolute Gasteiger partial charge is 0.448 e. The number of halogens is 2. The van der Waals surface area contributed by atoms with E-state index >= 15 is 0 Å². The van der Waals surface area contributed by atoms with Crippen LogP contribution in [0.3, 0.4) is 0 Å². The van der Waals surface area contributed by atoms with Crippen LogP contribution in [0.4, 0.5) is 4.79 Å². The Bertz CT molecular complexity index is 330. The van der Waals surface area contributed by atoms with E-state index in [0.29, 0.717) is 10.5 Å². The molecule has 1 aromatic rings. The van der Waals surface area contributed by atoms with Crippen molar-refractivity contribution < 1.29 is 9.53 Å². The van der Waals surface area contributed by atoms with E-state index in [1.54, 1.807) is 22.9 Å². The maximum Gasteiger partial charge on any atom is 0.415 e. The second-order valence-electron chi connectivity index (χ2n) is 3.39. The van der Waals surface area contributed by atoms with Crippen molar-refractivity contribution in [3.63, 3.8) is 0 Å². The van der Waals surface area contributed by atoms with Crippen LogP contribution in [-0.2, 0) is 4.74 Å². The van der Waals surface area contributed by atoms with Gasteiger partial charge in [-0.1, -0.05) is 59.8 Å². The molecule has 1 rings (SSSR count). The zero-order chi connectivity index (χ0) is 12.0. The molecule has 16 heavy (non-hydrogen) atoms. The van der Waals surface area contributed by atoms with Crippen LogP contribution >= 0.6 is 45.5 Å². The van der Waals surface area contributed by atoms with Gasteiger partial charge in [0.05, 0.1) is 22.9 Å². The molecule has 0 spiro atoms.